The van der Waals surface area contributed by atoms with Crippen molar-refractivity contribution in [3.8, 4) is 0 Å². The third-order valence-corrected chi connectivity index (χ3v) is 2.43. The molecule has 0 bridgehead atoms. The van der Waals surface area contributed by atoms with Crippen LogP contribution >= 0.6 is 0 Å². The number of hydrogen-bond donors (Lipinski definition) is 2. The van der Waals surface area contributed by atoms with Gasteiger partial charge in [0.2, 0.25) is 0 Å². The maximum absolute atomic E-state index is 5.89. The van der Waals surface area contributed by atoms with Crippen molar-refractivity contribution < 1.29 is 0 Å². The molecule has 1 saturated carbocycles. The quantitative estimate of drug-likeness (QED) is 0.482. The van der Waals surface area contributed by atoms with E-state index >= 15 is 0 Å². The summed E-state index contributed by atoms with van der Waals surface area (Å²) in [5.41, 5.74) is 6.83. The van der Waals surface area contributed by atoms with E-state index in [4.69, 9.17) is 11.6 Å². The van der Waals surface area contributed by atoms with Crippen molar-refractivity contribution in [2.45, 2.75) is 32.1 Å². The van der Waals surface area contributed by atoms with Crippen molar-refractivity contribution >= 4 is 0 Å². The van der Waals surface area contributed by atoms with Gasteiger partial charge in [0.15, 0.2) is 0 Å². The molecule has 1 rings (SSSR count). The van der Waals surface area contributed by atoms with E-state index in [0.29, 0.717) is 5.92 Å². The first-order chi connectivity index (χ1) is 5.70. The molecule has 0 amide bonds. The number of nitrogens with two attached hydrogens (primary N) is 2. The first-order valence-corrected chi connectivity index (χ1v) is 4.65. The molecule has 0 spiro atoms. The number of hydrogen-bond acceptors (Lipinski definition) is 3. The van der Waals surface area contributed by atoms with Gasteiger partial charge in [-0.2, -0.15) is 0 Å². The smallest absolute Gasteiger partial charge is 0.0342 e. The summed E-state index contributed by atoms with van der Waals surface area (Å²) >= 11 is 0. The number of rotatable bonds is 2. The second kappa shape index (κ2) is 4.36. The standard InChI is InChI=1S/C9H19N3/c1-12(11)7-9(10)8-5-3-2-4-6-8/h7-8H,2-6,10-11H2,1H3/b9-7-. The first kappa shape index (κ1) is 9.39. The SMILES string of the molecule is CN(N)/C=C(\N)C1CCCCC1. The summed E-state index contributed by atoms with van der Waals surface area (Å²) in [6.45, 7) is 0. The van der Waals surface area contributed by atoms with Crippen molar-refractivity contribution in [3.05, 3.63) is 11.9 Å². The van der Waals surface area contributed by atoms with Crippen molar-refractivity contribution in [2.24, 2.45) is 17.5 Å². The second-order valence-electron chi connectivity index (χ2n) is 3.63. The van der Waals surface area contributed by atoms with Crippen molar-refractivity contribution in [1.29, 1.82) is 0 Å². The Morgan fingerprint density at radius 3 is 2.42 bits per heavy atom. The number of nitrogens with zero attached hydrogens (tertiary/aromatic N) is 1. The Kier molecular flexibility index (Phi) is 3.41. The molecule has 0 aliphatic heterocycles. The minimum Gasteiger partial charge on any atom is -0.401 e. The van der Waals surface area contributed by atoms with Crippen molar-refractivity contribution in [3.63, 3.8) is 0 Å². The van der Waals surface area contributed by atoms with E-state index in [1.54, 1.807) is 7.05 Å². The van der Waals surface area contributed by atoms with Crippen LogP contribution in [0.2, 0.25) is 0 Å². The molecule has 70 valence electrons. The zero-order chi connectivity index (χ0) is 8.97. The molecule has 12 heavy (non-hydrogen) atoms. The van der Waals surface area contributed by atoms with Gasteiger partial charge >= 0.3 is 0 Å². The Morgan fingerprint density at radius 2 is 1.92 bits per heavy atom. The van der Waals surface area contributed by atoms with Crippen LogP contribution in [0, 0.1) is 5.92 Å². The molecule has 0 aromatic carbocycles. The number of allylic oxidation sites excluding steroid dienone is 1. The van der Waals surface area contributed by atoms with E-state index in [1.165, 1.54) is 37.1 Å². The van der Waals surface area contributed by atoms with Crippen molar-refractivity contribution in [1.82, 2.24) is 5.01 Å². The number of hydrazine groups is 1. The average Bonchev–Trinajstić information content (AvgIpc) is 2.05. The Balaban J connectivity index is 2.44. The summed E-state index contributed by atoms with van der Waals surface area (Å²) in [6.07, 6.45) is 8.28. The van der Waals surface area contributed by atoms with Crippen LogP contribution in [0.15, 0.2) is 11.9 Å². The maximum Gasteiger partial charge on any atom is 0.0342 e. The lowest BCUT2D eigenvalue weighted by molar-refractivity contribution is 0.387. The molecule has 0 aromatic heterocycles. The second-order valence-corrected chi connectivity index (χ2v) is 3.63. The molecule has 1 fully saturated rings. The molecule has 3 nitrogen and oxygen atoms in total. The monoisotopic (exact) mass is 169 g/mol. The van der Waals surface area contributed by atoms with Crippen LogP contribution in [0.3, 0.4) is 0 Å². The molecule has 0 aromatic rings. The lowest BCUT2D eigenvalue weighted by atomic mass is 9.87. The average molecular weight is 169 g/mol. The van der Waals surface area contributed by atoms with E-state index in [0.717, 1.165) is 5.70 Å². The highest BCUT2D eigenvalue weighted by molar-refractivity contribution is 5.01. The van der Waals surface area contributed by atoms with E-state index in [2.05, 4.69) is 0 Å². The summed E-state index contributed by atoms with van der Waals surface area (Å²) < 4.78 is 0. The topological polar surface area (TPSA) is 55.3 Å². The molecule has 3 heteroatoms. The molecule has 0 atom stereocenters. The minimum atomic E-state index is 0.574. The lowest BCUT2D eigenvalue weighted by Gasteiger charge is -2.22. The van der Waals surface area contributed by atoms with Gasteiger partial charge in [-0.3, -0.25) is 0 Å². The predicted molar refractivity (Wildman–Crippen MR) is 50.8 cm³/mol. The minimum absolute atomic E-state index is 0.574. The highest BCUT2D eigenvalue weighted by Crippen LogP contribution is 2.27. The summed E-state index contributed by atoms with van der Waals surface area (Å²) in [4.78, 5) is 0. The highest BCUT2D eigenvalue weighted by Gasteiger charge is 2.15. The summed E-state index contributed by atoms with van der Waals surface area (Å²) in [5.74, 6) is 6.05. The van der Waals surface area contributed by atoms with Crippen LogP contribution in [-0.2, 0) is 0 Å². The largest absolute Gasteiger partial charge is 0.401 e. The predicted octanol–water partition coefficient (Wildman–Crippen LogP) is 1.17. The van der Waals surface area contributed by atoms with Gasteiger partial charge in [0.25, 0.3) is 0 Å². The van der Waals surface area contributed by atoms with E-state index in [1.807, 2.05) is 6.20 Å². The highest BCUT2D eigenvalue weighted by atomic mass is 15.4. The Bertz CT molecular complexity index is 157. The fourth-order valence-corrected chi connectivity index (χ4v) is 1.78. The zero-order valence-electron chi connectivity index (χ0n) is 7.79. The van der Waals surface area contributed by atoms with E-state index < -0.39 is 0 Å². The zero-order valence-corrected chi connectivity index (χ0v) is 7.79. The molecule has 1 aliphatic rings. The normalized spacial score (nSPS) is 21.0. The Labute approximate surface area is 74.4 Å². The molecular formula is C9H19N3. The van der Waals surface area contributed by atoms with Gasteiger partial charge in [-0.05, 0) is 18.8 Å². The van der Waals surface area contributed by atoms with Gasteiger partial charge in [-0.15, -0.1) is 0 Å². The van der Waals surface area contributed by atoms with Gasteiger partial charge in [0.1, 0.15) is 0 Å². The molecule has 0 radical (unpaired) electrons. The molecule has 4 N–H and O–H groups in total. The molecule has 0 heterocycles. The lowest BCUT2D eigenvalue weighted by Crippen LogP contribution is -2.24. The molecule has 1 aliphatic carbocycles. The van der Waals surface area contributed by atoms with Crippen LogP contribution in [0.5, 0.6) is 0 Å². The molecule has 0 unspecified atom stereocenters. The molecular weight excluding hydrogens is 150 g/mol. The van der Waals surface area contributed by atoms with Gasteiger partial charge in [0, 0.05) is 18.9 Å². The Hall–Kier alpha value is -0.700. The fraction of sp³-hybridized carbons (Fsp3) is 0.778. The van der Waals surface area contributed by atoms with Crippen LogP contribution in [-0.4, -0.2) is 12.1 Å². The molecule has 0 saturated heterocycles. The first-order valence-electron chi connectivity index (χ1n) is 4.65. The summed E-state index contributed by atoms with van der Waals surface area (Å²) in [7, 11) is 1.80. The third-order valence-electron chi connectivity index (χ3n) is 2.43. The van der Waals surface area contributed by atoms with Crippen molar-refractivity contribution in [2.75, 3.05) is 7.05 Å². The van der Waals surface area contributed by atoms with Crippen LogP contribution in [0.1, 0.15) is 32.1 Å². The van der Waals surface area contributed by atoms with Gasteiger partial charge in [0.05, 0.1) is 0 Å². The fourth-order valence-electron chi connectivity index (χ4n) is 1.78. The summed E-state index contributed by atoms with van der Waals surface area (Å²) in [6, 6.07) is 0. The van der Waals surface area contributed by atoms with Gasteiger partial charge < -0.3 is 10.7 Å². The van der Waals surface area contributed by atoms with E-state index in [-0.39, 0.29) is 0 Å². The van der Waals surface area contributed by atoms with Gasteiger partial charge in [-0.1, -0.05) is 19.3 Å². The Morgan fingerprint density at radius 1 is 1.33 bits per heavy atom. The van der Waals surface area contributed by atoms with Crippen LogP contribution in [0.25, 0.3) is 0 Å². The third kappa shape index (κ3) is 2.74. The summed E-state index contributed by atoms with van der Waals surface area (Å²) in [5, 5.41) is 1.53. The maximum atomic E-state index is 5.89. The van der Waals surface area contributed by atoms with Gasteiger partial charge in [-0.25, -0.2) is 5.84 Å². The van der Waals surface area contributed by atoms with Crippen LogP contribution < -0.4 is 11.6 Å². The van der Waals surface area contributed by atoms with Crippen LogP contribution in [0.4, 0.5) is 0 Å². The van der Waals surface area contributed by atoms with E-state index in [9.17, 15) is 0 Å².